The fraction of sp³-hybridized carbons (Fsp3) is 0.577. The lowest BCUT2D eigenvalue weighted by molar-refractivity contribution is -0.129. The summed E-state index contributed by atoms with van der Waals surface area (Å²) in [5.74, 6) is 1.94. The first-order chi connectivity index (χ1) is 16.1. The Morgan fingerprint density at radius 1 is 1.03 bits per heavy atom. The Bertz CT molecular complexity index is 985. The maximum Gasteiger partial charge on any atom is 0.219 e. The molecule has 2 saturated heterocycles. The third-order valence-electron chi connectivity index (χ3n) is 7.47. The molecule has 1 amide bonds. The second-order valence-corrected chi connectivity index (χ2v) is 9.64. The van der Waals surface area contributed by atoms with Crippen LogP contribution in [0.2, 0.25) is 0 Å². The summed E-state index contributed by atoms with van der Waals surface area (Å²) in [6.07, 6.45) is 6.90. The van der Waals surface area contributed by atoms with Gasteiger partial charge >= 0.3 is 0 Å². The van der Waals surface area contributed by atoms with Crippen molar-refractivity contribution in [2.45, 2.75) is 64.6 Å². The van der Waals surface area contributed by atoms with Gasteiger partial charge < -0.3 is 15.1 Å². The quantitative estimate of drug-likeness (QED) is 0.752. The smallest absolute Gasteiger partial charge is 0.219 e. The number of nitrogens with one attached hydrogen (secondary N) is 1. The van der Waals surface area contributed by atoms with Crippen LogP contribution in [0, 0.1) is 0 Å². The van der Waals surface area contributed by atoms with Gasteiger partial charge in [0.05, 0.1) is 18.3 Å². The minimum absolute atomic E-state index is 0.114. The minimum Gasteiger partial charge on any atom is -0.373 e. The van der Waals surface area contributed by atoms with Crippen molar-refractivity contribution in [2.75, 3.05) is 43.4 Å². The zero-order valence-corrected chi connectivity index (χ0v) is 20.0. The van der Waals surface area contributed by atoms with E-state index in [4.69, 9.17) is 9.97 Å². The maximum atomic E-state index is 12.0. The normalized spacial score (nSPS) is 21.2. The lowest BCUT2D eigenvalue weighted by Crippen LogP contribution is -2.37. The highest BCUT2D eigenvalue weighted by molar-refractivity contribution is 5.73. The van der Waals surface area contributed by atoms with E-state index >= 15 is 0 Å². The molecule has 0 bridgehead atoms. The number of nitrogens with zero attached hydrogens (tertiary/aromatic N) is 5. The summed E-state index contributed by atoms with van der Waals surface area (Å²) in [5, 5.41) is 3.30. The largest absolute Gasteiger partial charge is 0.373 e. The zero-order valence-electron chi connectivity index (χ0n) is 20.0. The lowest BCUT2D eigenvalue weighted by Gasteiger charge is -2.36. The molecular formula is C26H36N6O. The first-order valence-electron chi connectivity index (χ1n) is 12.5. The van der Waals surface area contributed by atoms with Crippen LogP contribution in [0.1, 0.15) is 67.7 Å². The summed E-state index contributed by atoms with van der Waals surface area (Å²) >= 11 is 0. The van der Waals surface area contributed by atoms with E-state index in [2.05, 4.69) is 39.4 Å². The molecule has 2 fully saturated rings. The van der Waals surface area contributed by atoms with Gasteiger partial charge in [-0.2, -0.15) is 0 Å². The monoisotopic (exact) mass is 448 g/mol. The van der Waals surface area contributed by atoms with Crippen LogP contribution >= 0.6 is 0 Å². The van der Waals surface area contributed by atoms with Crippen LogP contribution in [0.5, 0.6) is 0 Å². The SMILES string of the molecule is CNc1nc(C2CCCCN2Cc2ccc(N3CCCC3)cc2)nc2c1CCN(C(C)=O)C2. The van der Waals surface area contributed by atoms with Crippen molar-refractivity contribution in [3.8, 4) is 0 Å². The molecule has 1 atom stereocenters. The summed E-state index contributed by atoms with van der Waals surface area (Å²) in [6, 6.07) is 9.35. The fourth-order valence-corrected chi connectivity index (χ4v) is 5.57. The van der Waals surface area contributed by atoms with E-state index in [-0.39, 0.29) is 11.9 Å². The first kappa shape index (κ1) is 22.1. The summed E-state index contributed by atoms with van der Waals surface area (Å²) in [7, 11) is 1.93. The van der Waals surface area contributed by atoms with Crippen LogP contribution in [0.3, 0.4) is 0 Å². The summed E-state index contributed by atoms with van der Waals surface area (Å²) in [6.45, 7) is 7.30. The molecule has 3 aliphatic rings. The maximum absolute atomic E-state index is 12.0. The van der Waals surface area contributed by atoms with E-state index in [1.54, 1.807) is 6.92 Å². The van der Waals surface area contributed by atoms with Gasteiger partial charge in [-0.25, -0.2) is 9.97 Å². The summed E-state index contributed by atoms with van der Waals surface area (Å²) < 4.78 is 0. The van der Waals surface area contributed by atoms with Crippen molar-refractivity contribution < 1.29 is 4.79 Å². The number of anilines is 2. The van der Waals surface area contributed by atoms with Crippen molar-refractivity contribution in [2.24, 2.45) is 0 Å². The van der Waals surface area contributed by atoms with Gasteiger partial charge in [0.1, 0.15) is 11.6 Å². The second-order valence-electron chi connectivity index (χ2n) is 9.64. The first-order valence-corrected chi connectivity index (χ1v) is 12.5. The lowest BCUT2D eigenvalue weighted by atomic mass is 9.99. The van der Waals surface area contributed by atoms with Crippen molar-refractivity contribution in [3.05, 3.63) is 46.9 Å². The van der Waals surface area contributed by atoms with Crippen LogP contribution in [-0.4, -0.2) is 58.9 Å². The van der Waals surface area contributed by atoms with Crippen LogP contribution in [0.25, 0.3) is 0 Å². The molecule has 2 aromatic rings. The molecule has 0 aliphatic carbocycles. The zero-order chi connectivity index (χ0) is 22.8. The van der Waals surface area contributed by atoms with Gasteiger partial charge in [-0.1, -0.05) is 18.6 Å². The molecule has 176 valence electrons. The average Bonchev–Trinajstić information content (AvgIpc) is 3.39. The number of rotatable bonds is 5. The number of fused-ring (bicyclic) bond motifs is 1. The molecule has 5 rings (SSSR count). The topological polar surface area (TPSA) is 64.6 Å². The average molecular weight is 449 g/mol. The highest BCUT2D eigenvalue weighted by Crippen LogP contribution is 2.33. The van der Waals surface area contributed by atoms with Gasteiger partial charge in [0, 0.05) is 51.4 Å². The standard InChI is InChI=1S/C26H36N6O/c1-19(33)31-16-12-22-23(18-31)28-26(29-25(22)27-2)24-7-3-4-15-32(24)17-20-8-10-21(11-9-20)30-13-5-6-14-30/h8-11,24H,3-7,12-18H2,1-2H3,(H,27,28,29). The fourth-order valence-electron chi connectivity index (χ4n) is 5.57. The number of hydrogen-bond acceptors (Lipinski definition) is 6. The van der Waals surface area contributed by atoms with Crippen molar-refractivity contribution >= 4 is 17.4 Å². The van der Waals surface area contributed by atoms with Crippen LogP contribution < -0.4 is 10.2 Å². The Morgan fingerprint density at radius 3 is 2.52 bits per heavy atom. The van der Waals surface area contributed by atoms with Gasteiger partial charge in [-0.3, -0.25) is 9.69 Å². The van der Waals surface area contributed by atoms with Gasteiger partial charge in [0.2, 0.25) is 5.91 Å². The number of carbonyl (C=O) groups excluding carboxylic acids is 1. The molecule has 4 heterocycles. The Labute approximate surface area is 197 Å². The molecule has 1 unspecified atom stereocenters. The van der Waals surface area contributed by atoms with Crippen molar-refractivity contribution in [1.82, 2.24) is 19.8 Å². The number of piperidine rings is 1. The molecule has 1 N–H and O–H groups in total. The van der Waals surface area contributed by atoms with Crippen LogP contribution in [0.15, 0.2) is 24.3 Å². The van der Waals surface area contributed by atoms with E-state index in [1.807, 2.05) is 11.9 Å². The summed E-state index contributed by atoms with van der Waals surface area (Å²) in [5.41, 5.74) is 4.86. The molecule has 3 aliphatic heterocycles. The molecular weight excluding hydrogens is 412 g/mol. The van der Waals surface area contributed by atoms with Crippen LogP contribution in [-0.2, 0) is 24.3 Å². The Kier molecular flexibility index (Phi) is 6.49. The Morgan fingerprint density at radius 2 is 1.79 bits per heavy atom. The molecule has 0 spiro atoms. The molecule has 33 heavy (non-hydrogen) atoms. The van der Waals surface area contributed by atoms with Gasteiger partial charge in [-0.05, 0) is 56.3 Å². The number of benzene rings is 1. The number of aromatic nitrogens is 2. The van der Waals surface area contributed by atoms with Gasteiger partial charge in [-0.15, -0.1) is 0 Å². The number of amides is 1. The number of likely N-dealkylation sites (tertiary alicyclic amines) is 1. The van der Waals surface area contributed by atoms with E-state index in [0.717, 1.165) is 49.8 Å². The van der Waals surface area contributed by atoms with Crippen LogP contribution in [0.4, 0.5) is 11.5 Å². The van der Waals surface area contributed by atoms with E-state index in [9.17, 15) is 4.79 Å². The number of hydrogen-bond donors (Lipinski definition) is 1. The summed E-state index contributed by atoms with van der Waals surface area (Å²) in [4.78, 5) is 28.9. The minimum atomic E-state index is 0.114. The van der Waals surface area contributed by atoms with Crippen molar-refractivity contribution in [1.29, 1.82) is 0 Å². The molecule has 0 saturated carbocycles. The third-order valence-corrected chi connectivity index (χ3v) is 7.47. The predicted octanol–water partition coefficient (Wildman–Crippen LogP) is 3.75. The third kappa shape index (κ3) is 4.69. The Balaban J connectivity index is 1.37. The van der Waals surface area contributed by atoms with Gasteiger partial charge in [0.15, 0.2) is 0 Å². The van der Waals surface area contributed by atoms with Crippen molar-refractivity contribution in [3.63, 3.8) is 0 Å². The molecule has 1 aromatic heterocycles. The van der Waals surface area contributed by atoms with E-state index < -0.39 is 0 Å². The van der Waals surface area contributed by atoms with E-state index in [0.29, 0.717) is 6.54 Å². The highest BCUT2D eigenvalue weighted by Gasteiger charge is 2.30. The van der Waals surface area contributed by atoms with E-state index in [1.165, 1.54) is 55.6 Å². The highest BCUT2D eigenvalue weighted by atomic mass is 16.2. The Hall–Kier alpha value is -2.67. The number of carbonyl (C=O) groups is 1. The molecule has 7 heteroatoms. The molecule has 1 aromatic carbocycles. The second kappa shape index (κ2) is 9.67. The predicted molar refractivity (Wildman–Crippen MR) is 131 cm³/mol. The molecule has 7 nitrogen and oxygen atoms in total. The van der Waals surface area contributed by atoms with Gasteiger partial charge in [0.25, 0.3) is 0 Å². The molecule has 0 radical (unpaired) electrons.